The molecule has 2 rings (SSSR count). The van der Waals surface area contributed by atoms with Crippen LogP contribution in [0.15, 0.2) is 67.0 Å². The molecule has 33 heavy (non-hydrogen) atoms. The summed E-state index contributed by atoms with van der Waals surface area (Å²) >= 11 is 12.4. The molecule has 0 fully saturated rings. The Morgan fingerprint density at radius 3 is 1.21 bits per heavy atom. The van der Waals surface area contributed by atoms with E-state index in [4.69, 9.17) is 31.9 Å². The van der Waals surface area contributed by atoms with E-state index in [0.29, 0.717) is 9.79 Å². The molecule has 0 spiro atoms. The summed E-state index contributed by atoms with van der Waals surface area (Å²) in [5.74, 6) is 0.652. The Balaban J connectivity index is 2.82. The van der Waals surface area contributed by atoms with Crippen molar-refractivity contribution < 1.29 is 8.42 Å². The van der Waals surface area contributed by atoms with Crippen molar-refractivity contribution in [3.8, 4) is 0 Å². The molecule has 0 aliphatic heterocycles. The van der Waals surface area contributed by atoms with Crippen LogP contribution in [0, 0.1) is 25.7 Å². The molecule has 2 aromatic carbocycles. The number of alkyl halides is 2. The van der Waals surface area contributed by atoms with Crippen LogP contribution in [0.25, 0.3) is 0 Å². The van der Waals surface area contributed by atoms with Crippen LogP contribution in [-0.4, -0.2) is 37.3 Å². The van der Waals surface area contributed by atoms with Crippen molar-refractivity contribution >= 4 is 42.7 Å². The molecular weight excluding hydrogens is 495 g/mol. The van der Waals surface area contributed by atoms with Crippen molar-refractivity contribution in [1.82, 2.24) is 0 Å². The highest BCUT2D eigenvalue weighted by Gasteiger charge is 2.27. The first-order valence-corrected chi connectivity index (χ1v) is 15.6. The Morgan fingerprint density at radius 2 is 0.970 bits per heavy atom. The average molecular weight is 532 g/mol. The molecule has 2 unspecified atom stereocenters. The predicted octanol–water partition coefficient (Wildman–Crippen LogP) is 7.14. The highest BCUT2D eigenvalue weighted by Crippen LogP contribution is 2.27. The van der Waals surface area contributed by atoms with Crippen LogP contribution >= 0.6 is 23.2 Å². The summed E-state index contributed by atoms with van der Waals surface area (Å²) in [6.45, 7) is 11.9. The molecule has 4 atom stereocenters. The van der Waals surface area contributed by atoms with Gasteiger partial charge in [0.25, 0.3) is 0 Å². The largest absolute Gasteiger partial charge is 0.244 e. The monoisotopic (exact) mass is 530 g/mol. The lowest BCUT2D eigenvalue weighted by atomic mass is 10.1. The Kier molecular flexibility index (Phi) is 10.3. The van der Waals surface area contributed by atoms with Crippen LogP contribution in [0.3, 0.4) is 0 Å². The molecule has 0 radical (unpaired) electrons. The Labute approximate surface area is 210 Å². The standard InChI is InChI=1S/C25H36Cl2N2O2S2/c1-18(2)24(15-26)28-32(30,22-11-7-20(5)8-12-22)17-33(31,29-25(16-27)19(3)4)23-13-9-21(6)10-14-23/h7-14,18-19,24-25H,15-17H2,1-6H3/t24-,25-,32?,33?/m1/s1. The highest BCUT2D eigenvalue weighted by molar-refractivity contribution is 8.10. The second kappa shape index (κ2) is 12.1. The SMILES string of the molecule is Cc1ccc(S(=O)(CS(=O)(=N[C@H](CCl)C(C)C)c2ccc(C)cc2)=N[C@H](CCl)C(C)C)cc1. The minimum absolute atomic E-state index is 0.0902. The Morgan fingerprint density at radius 1 is 0.667 bits per heavy atom. The van der Waals surface area contributed by atoms with E-state index in [0.717, 1.165) is 11.1 Å². The number of hydrogen-bond donors (Lipinski definition) is 0. The van der Waals surface area contributed by atoms with E-state index in [-0.39, 0.29) is 40.8 Å². The van der Waals surface area contributed by atoms with E-state index in [1.165, 1.54) is 0 Å². The summed E-state index contributed by atoms with van der Waals surface area (Å²) in [6.07, 6.45) is 0. The van der Waals surface area contributed by atoms with Gasteiger partial charge in [0.05, 0.1) is 31.5 Å². The highest BCUT2D eigenvalue weighted by atomic mass is 35.5. The smallest absolute Gasteiger partial charge is 0.124 e. The molecule has 0 aliphatic carbocycles. The van der Waals surface area contributed by atoms with E-state index < -0.39 is 19.5 Å². The third-order valence-electron chi connectivity index (χ3n) is 5.56. The number of rotatable bonds is 10. The lowest BCUT2D eigenvalue weighted by molar-refractivity contribution is 0.534. The minimum Gasteiger partial charge on any atom is -0.244 e. The van der Waals surface area contributed by atoms with E-state index >= 15 is 0 Å². The molecule has 0 saturated heterocycles. The molecule has 0 aromatic heterocycles. The summed E-state index contributed by atoms with van der Waals surface area (Å²) in [4.78, 5) is 1.09. The fourth-order valence-electron chi connectivity index (χ4n) is 3.13. The van der Waals surface area contributed by atoms with Crippen molar-refractivity contribution in [2.24, 2.45) is 20.6 Å². The molecule has 2 aromatic rings. The van der Waals surface area contributed by atoms with Gasteiger partial charge in [0.15, 0.2) is 0 Å². The normalized spacial score (nSPS) is 17.3. The second-order valence-corrected chi connectivity index (χ2v) is 14.7. The van der Waals surface area contributed by atoms with Crippen molar-refractivity contribution in [2.75, 3.05) is 16.8 Å². The van der Waals surface area contributed by atoms with E-state index in [2.05, 4.69) is 0 Å². The summed E-state index contributed by atoms with van der Waals surface area (Å²) < 4.78 is 38.7. The van der Waals surface area contributed by atoms with Gasteiger partial charge in [-0.15, -0.1) is 23.2 Å². The third-order valence-corrected chi connectivity index (χ3v) is 12.0. The average Bonchev–Trinajstić information content (AvgIpc) is 2.76. The maximum atomic E-state index is 14.6. The van der Waals surface area contributed by atoms with Crippen LogP contribution in [0.2, 0.25) is 0 Å². The molecule has 0 saturated carbocycles. The zero-order valence-corrected chi connectivity index (χ0v) is 23.5. The van der Waals surface area contributed by atoms with Crippen LogP contribution < -0.4 is 0 Å². The maximum absolute atomic E-state index is 14.6. The first-order valence-electron chi connectivity index (χ1n) is 11.2. The molecule has 184 valence electrons. The molecule has 0 heterocycles. The fraction of sp³-hybridized carbons (Fsp3) is 0.520. The molecule has 0 bridgehead atoms. The van der Waals surface area contributed by atoms with Crippen molar-refractivity contribution in [3.63, 3.8) is 0 Å². The lowest BCUT2D eigenvalue weighted by Crippen LogP contribution is -2.25. The molecular formula is C25H36Cl2N2O2S2. The van der Waals surface area contributed by atoms with Gasteiger partial charge in [-0.1, -0.05) is 63.1 Å². The zero-order valence-electron chi connectivity index (χ0n) is 20.3. The van der Waals surface area contributed by atoms with Crippen molar-refractivity contribution in [1.29, 1.82) is 0 Å². The molecule has 0 amide bonds. The van der Waals surface area contributed by atoms with Crippen LogP contribution in [0.4, 0.5) is 0 Å². The number of benzene rings is 2. The lowest BCUT2D eigenvalue weighted by Gasteiger charge is -2.22. The summed E-state index contributed by atoms with van der Waals surface area (Å²) in [7, 11) is -6.22. The van der Waals surface area contributed by atoms with Gasteiger partial charge < -0.3 is 0 Å². The third kappa shape index (κ3) is 7.45. The number of nitrogens with zero attached hydrogens (tertiary/aromatic N) is 2. The predicted molar refractivity (Wildman–Crippen MR) is 144 cm³/mol. The maximum Gasteiger partial charge on any atom is 0.124 e. The van der Waals surface area contributed by atoms with Gasteiger partial charge in [0.1, 0.15) is 5.08 Å². The summed E-state index contributed by atoms with van der Waals surface area (Å²) in [6, 6.07) is 14.2. The van der Waals surface area contributed by atoms with Crippen LogP contribution in [0.1, 0.15) is 38.8 Å². The molecule has 0 N–H and O–H groups in total. The molecule has 4 nitrogen and oxygen atoms in total. The van der Waals surface area contributed by atoms with Crippen molar-refractivity contribution in [3.05, 3.63) is 59.7 Å². The zero-order chi connectivity index (χ0) is 24.8. The number of hydrogen-bond acceptors (Lipinski definition) is 4. The van der Waals surface area contributed by atoms with Crippen LogP contribution in [0.5, 0.6) is 0 Å². The van der Waals surface area contributed by atoms with E-state index in [9.17, 15) is 8.42 Å². The van der Waals surface area contributed by atoms with Gasteiger partial charge in [0.2, 0.25) is 0 Å². The van der Waals surface area contributed by atoms with Gasteiger partial charge in [-0.3, -0.25) is 0 Å². The Bertz CT molecular complexity index is 1050. The first-order chi connectivity index (χ1) is 15.4. The minimum atomic E-state index is -3.11. The first kappa shape index (κ1) is 28.2. The molecule has 8 heteroatoms. The van der Waals surface area contributed by atoms with Gasteiger partial charge in [-0.25, -0.2) is 17.1 Å². The van der Waals surface area contributed by atoms with Gasteiger partial charge in [-0.05, 0) is 49.9 Å². The van der Waals surface area contributed by atoms with Gasteiger partial charge >= 0.3 is 0 Å². The quantitative estimate of drug-likeness (QED) is 0.306. The van der Waals surface area contributed by atoms with Gasteiger partial charge in [0, 0.05) is 21.6 Å². The molecule has 0 aliphatic rings. The number of halogens is 2. The van der Waals surface area contributed by atoms with E-state index in [1.807, 2.05) is 90.1 Å². The number of aryl methyl sites for hydroxylation is 2. The van der Waals surface area contributed by atoms with Crippen LogP contribution in [-0.2, 0) is 19.5 Å². The van der Waals surface area contributed by atoms with Crippen molar-refractivity contribution in [2.45, 2.75) is 63.4 Å². The fourth-order valence-corrected chi connectivity index (χ4v) is 10.3. The summed E-state index contributed by atoms with van der Waals surface area (Å²) in [5.41, 5.74) is 2.09. The van der Waals surface area contributed by atoms with Gasteiger partial charge in [-0.2, -0.15) is 0 Å². The second-order valence-electron chi connectivity index (χ2n) is 9.17. The Hall–Kier alpha value is -1.08. The van der Waals surface area contributed by atoms with E-state index in [1.54, 1.807) is 0 Å². The topological polar surface area (TPSA) is 58.9 Å². The summed E-state index contributed by atoms with van der Waals surface area (Å²) in [5, 5.41) is -0.202.